The van der Waals surface area contributed by atoms with Gasteiger partial charge in [-0.05, 0) is 31.4 Å². The number of rotatable bonds is 10. The highest BCUT2D eigenvalue weighted by Crippen LogP contribution is 2.23. The number of carboxylic acids is 1. The van der Waals surface area contributed by atoms with Gasteiger partial charge in [-0.1, -0.05) is 60.7 Å². The molecule has 0 aliphatic rings. The number of benzene rings is 2. The number of aliphatic carboxylic acids is 1. The Labute approximate surface area is 160 Å². The highest BCUT2D eigenvalue weighted by atomic mass is 32.2. The van der Waals surface area contributed by atoms with Gasteiger partial charge in [-0.15, -0.1) is 0 Å². The maximum absolute atomic E-state index is 12.9. The van der Waals surface area contributed by atoms with E-state index in [4.69, 9.17) is 4.74 Å². The van der Waals surface area contributed by atoms with Gasteiger partial charge in [0.15, 0.2) is 9.84 Å². The summed E-state index contributed by atoms with van der Waals surface area (Å²) in [6.07, 6.45) is 0.177. The third-order valence-electron chi connectivity index (χ3n) is 4.50. The Bertz CT molecular complexity index is 829. The molecule has 0 amide bonds. The molecule has 0 aromatic heterocycles. The van der Waals surface area contributed by atoms with Crippen LogP contribution in [0.1, 0.15) is 25.0 Å². The van der Waals surface area contributed by atoms with E-state index in [1.807, 2.05) is 48.5 Å². The molecule has 0 radical (unpaired) electrons. The predicted molar refractivity (Wildman–Crippen MR) is 105 cm³/mol. The lowest BCUT2D eigenvalue weighted by Crippen LogP contribution is -2.42. The fourth-order valence-electron chi connectivity index (χ4n) is 2.69. The van der Waals surface area contributed by atoms with Crippen LogP contribution in [-0.4, -0.2) is 36.6 Å². The molecule has 2 rings (SSSR count). The van der Waals surface area contributed by atoms with Crippen molar-refractivity contribution in [3.05, 3.63) is 71.8 Å². The van der Waals surface area contributed by atoms with Crippen molar-refractivity contribution in [1.82, 2.24) is 0 Å². The average Bonchev–Trinajstić information content (AvgIpc) is 2.62. The van der Waals surface area contributed by atoms with Crippen LogP contribution >= 0.6 is 0 Å². The molecule has 146 valence electrons. The highest BCUT2D eigenvalue weighted by Gasteiger charge is 2.38. The normalized spacial score (nSPS) is 13.3. The topological polar surface area (TPSA) is 80.7 Å². The largest absolute Gasteiger partial charge is 0.481 e. The average molecular weight is 391 g/mol. The minimum atomic E-state index is -3.68. The second-order valence-corrected chi connectivity index (χ2v) is 9.91. The van der Waals surface area contributed by atoms with E-state index in [1.54, 1.807) is 26.0 Å². The Morgan fingerprint density at radius 3 is 2.04 bits per heavy atom. The van der Waals surface area contributed by atoms with E-state index >= 15 is 0 Å². The fraction of sp³-hybridized carbons (Fsp3) is 0.381. The Kier molecular flexibility index (Phi) is 7.16. The van der Waals surface area contributed by atoms with Gasteiger partial charge in [0.05, 0.1) is 29.6 Å². The molecule has 6 heteroatoms. The molecular formula is C21H26O5S. The summed E-state index contributed by atoms with van der Waals surface area (Å²) in [5, 5.41) is 9.49. The second-order valence-electron chi connectivity index (χ2n) is 7.24. The van der Waals surface area contributed by atoms with Crippen molar-refractivity contribution in [2.45, 2.75) is 31.6 Å². The van der Waals surface area contributed by atoms with Gasteiger partial charge in [-0.25, -0.2) is 8.42 Å². The van der Waals surface area contributed by atoms with Gasteiger partial charge in [-0.2, -0.15) is 0 Å². The molecular weight excluding hydrogens is 364 g/mol. The van der Waals surface area contributed by atoms with Gasteiger partial charge >= 0.3 is 5.97 Å². The third-order valence-corrected chi connectivity index (χ3v) is 7.14. The highest BCUT2D eigenvalue weighted by molar-refractivity contribution is 7.92. The Balaban J connectivity index is 2.01. The van der Waals surface area contributed by atoms with Crippen LogP contribution < -0.4 is 0 Å². The molecule has 0 saturated heterocycles. The van der Waals surface area contributed by atoms with Crippen molar-refractivity contribution in [2.24, 2.45) is 5.92 Å². The van der Waals surface area contributed by atoms with E-state index in [-0.39, 0.29) is 13.0 Å². The molecule has 0 aliphatic heterocycles. The van der Waals surface area contributed by atoms with Gasteiger partial charge in [0.1, 0.15) is 0 Å². The molecule has 27 heavy (non-hydrogen) atoms. The van der Waals surface area contributed by atoms with E-state index in [0.29, 0.717) is 6.61 Å². The first-order chi connectivity index (χ1) is 12.7. The zero-order valence-electron chi connectivity index (χ0n) is 15.7. The number of carbonyl (C=O) groups is 1. The third kappa shape index (κ3) is 6.19. The second kappa shape index (κ2) is 9.15. The van der Waals surface area contributed by atoms with Crippen LogP contribution in [0.25, 0.3) is 0 Å². The summed E-state index contributed by atoms with van der Waals surface area (Å²) < 4.78 is 30.1. The molecule has 2 aromatic carbocycles. The summed E-state index contributed by atoms with van der Waals surface area (Å²) in [7, 11) is -3.68. The molecule has 0 heterocycles. The lowest BCUT2D eigenvalue weighted by atomic mass is 10.0. The summed E-state index contributed by atoms with van der Waals surface area (Å²) in [4.78, 5) is 11.6. The molecule has 5 nitrogen and oxygen atoms in total. The lowest BCUT2D eigenvalue weighted by Gasteiger charge is -2.26. The molecule has 1 N–H and O–H groups in total. The maximum Gasteiger partial charge on any atom is 0.307 e. The van der Waals surface area contributed by atoms with Gasteiger partial charge < -0.3 is 9.84 Å². The molecule has 0 bridgehead atoms. The van der Waals surface area contributed by atoms with Crippen molar-refractivity contribution in [2.75, 3.05) is 12.4 Å². The van der Waals surface area contributed by atoms with E-state index in [9.17, 15) is 18.3 Å². The monoisotopic (exact) mass is 390 g/mol. The van der Waals surface area contributed by atoms with Crippen LogP contribution in [0.2, 0.25) is 0 Å². The number of carboxylic acid groups (broad SMARTS) is 1. The Morgan fingerprint density at radius 2 is 1.52 bits per heavy atom. The van der Waals surface area contributed by atoms with Crippen LogP contribution in [-0.2, 0) is 32.4 Å². The van der Waals surface area contributed by atoms with Gasteiger partial charge in [0, 0.05) is 0 Å². The van der Waals surface area contributed by atoms with Crippen LogP contribution in [0.3, 0.4) is 0 Å². The standard InChI is InChI=1S/C21H26O5S/c1-21(2,16-26-14-18-11-7-4-8-12-18)27(24,25)15-19(20(22)23)13-17-9-5-3-6-10-17/h3-12,19H,13-16H2,1-2H3,(H,22,23). The minimum absolute atomic E-state index is 0.00189. The molecule has 0 aliphatic carbocycles. The summed E-state index contributed by atoms with van der Waals surface area (Å²) >= 11 is 0. The van der Waals surface area contributed by atoms with Crippen molar-refractivity contribution < 1.29 is 23.1 Å². The summed E-state index contributed by atoms with van der Waals surface area (Å²) in [6, 6.07) is 18.5. The molecule has 2 aromatic rings. The molecule has 1 atom stereocenters. The van der Waals surface area contributed by atoms with Crippen LogP contribution in [0.15, 0.2) is 60.7 Å². The number of hydrogen-bond acceptors (Lipinski definition) is 4. The summed E-state index contributed by atoms with van der Waals surface area (Å²) in [5.74, 6) is -2.52. The van der Waals surface area contributed by atoms with Gasteiger partial charge in [0.25, 0.3) is 0 Å². The van der Waals surface area contributed by atoms with Crippen molar-refractivity contribution in [3.8, 4) is 0 Å². The first-order valence-corrected chi connectivity index (χ1v) is 10.5. The van der Waals surface area contributed by atoms with Crippen molar-refractivity contribution in [1.29, 1.82) is 0 Å². The van der Waals surface area contributed by atoms with E-state index in [2.05, 4.69) is 0 Å². The first kappa shape index (κ1) is 21.1. The van der Waals surface area contributed by atoms with Crippen LogP contribution in [0.4, 0.5) is 0 Å². The van der Waals surface area contributed by atoms with Crippen LogP contribution in [0, 0.1) is 5.92 Å². The Hall–Kier alpha value is -2.18. The van der Waals surface area contributed by atoms with Gasteiger partial charge in [-0.3, -0.25) is 4.79 Å². The minimum Gasteiger partial charge on any atom is -0.481 e. The first-order valence-electron chi connectivity index (χ1n) is 8.82. The van der Waals surface area contributed by atoms with Crippen LogP contribution in [0.5, 0.6) is 0 Å². The SMILES string of the molecule is CC(C)(COCc1ccccc1)S(=O)(=O)CC(Cc1ccccc1)C(=O)O. The molecule has 0 spiro atoms. The maximum atomic E-state index is 12.9. The quantitative estimate of drug-likeness (QED) is 0.673. The van der Waals surface area contributed by atoms with E-state index in [1.165, 1.54) is 0 Å². The molecule has 1 unspecified atom stereocenters. The zero-order valence-corrected chi connectivity index (χ0v) is 16.5. The predicted octanol–water partition coefficient (Wildman–Crippen LogP) is 3.34. The summed E-state index contributed by atoms with van der Waals surface area (Å²) in [5.41, 5.74) is 1.76. The number of sulfone groups is 1. The Morgan fingerprint density at radius 1 is 1.00 bits per heavy atom. The number of hydrogen-bond donors (Lipinski definition) is 1. The smallest absolute Gasteiger partial charge is 0.307 e. The molecule has 0 saturated carbocycles. The van der Waals surface area contributed by atoms with Gasteiger partial charge in [0.2, 0.25) is 0 Å². The lowest BCUT2D eigenvalue weighted by molar-refractivity contribution is -0.140. The van der Waals surface area contributed by atoms with E-state index < -0.39 is 32.2 Å². The van der Waals surface area contributed by atoms with Crippen molar-refractivity contribution >= 4 is 15.8 Å². The fourth-order valence-corrected chi connectivity index (χ4v) is 4.19. The van der Waals surface area contributed by atoms with Crippen molar-refractivity contribution in [3.63, 3.8) is 0 Å². The molecule has 0 fully saturated rings. The summed E-state index contributed by atoms with van der Waals surface area (Å²) in [6.45, 7) is 3.47. The van der Waals surface area contributed by atoms with E-state index in [0.717, 1.165) is 11.1 Å². The zero-order chi connectivity index (χ0) is 19.9. The number of ether oxygens (including phenoxy) is 1.